The molecule has 0 aliphatic rings. The fourth-order valence-electron chi connectivity index (χ4n) is 1.79. The average molecular weight is 254 g/mol. The van der Waals surface area contributed by atoms with Crippen molar-refractivity contribution in [2.24, 2.45) is 5.92 Å². The summed E-state index contributed by atoms with van der Waals surface area (Å²) in [5.74, 6) is 1.28. The first-order valence-corrected chi connectivity index (χ1v) is 6.85. The van der Waals surface area contributed by atoms with Crippen molar-refractivity contribution in [3.63, 3.8) is 0 Å². The Balaban J connectivity index is 2.41. The SMILES string of the molecule is Cc1ccc(C(C)CCNCC(C)C)cc1Cl. The molecule has 0 heterocycles. The Morgan fingerprint density at radius 2 is 1.94 bits per heavy atom. The zero-order chi connectivity index (χ0) is 12.8. The molecule has 0 saturated carbocycles. The topological polar surface area (TPSA) is 12.0 Å². The number of rotatable bonds is 6. The van der Waals surface area contributed by atoms with Gasteiger partial charge in [-0.3, -0.25) is 0 Å². The molecule has 0 spiro atoms. The fourth-order valence-corrected chi connectivity index (χ4v) is 1.98. The summed E-state index contributed by atoms with van der Waals surface area (Å²) in [5.41, 5.74) is 2.49. The average Bonchev–Trinajstić information content (AvgIpc) is 2.27. The lowest BCUT2D eigenvalue weighted by Gasteiger charge is -2.14. The summed E-state index contributed by atoms with van der Waals surface area (Å²) in [7, 11) is 0. The maximum absolute atomic E-state index is 6.15. The van der Waals surface area contributed by atoms with Crippen molar-refractivity contribution in [2.75, 3.05) is 13.1 Å². The number of nitrogens with one attached hydrogen (secondary N) is 1. The molecule has 1 N–H and O–H groups in total. The maximum atomic E-state index is 6.15. The highest BCUT2D eigenvalue weighted by atomic mass is 35.5. The van der Waals surface area contributed by atoms with E-state index in [-0.39, 0.29) is 0 Å². The molecule has 0 amide bonds. The largest absolute Gasteiger partial charge is 0.316 e. The Bertz CT molecular complexity index is 347. The van der Waals surface area contributed by atoms with Gasteiger partial charge in [0, 0.05) is 5.02 Å². The predicted octanol–water partition coefficient (Wildman–Crippen LogP) is 4.39. The molecule has 1 rings (SSSR count). The van der Waals surface area contributed by atoms with Gasteiger partial charge in [-0.2, -0.15) is 0 Å². The van der Waals surface area contributed by atoms with Gasteiger partial charge in [-0.25, -0.2) is 0 Å². The van der Waals surface area contributed by atoms with Gasteiger partial charge in [0.25, 0.3) is 0 Å². The molecule has 2 heteroatoms. The van der Waals surface area contributed by atoms with Gasteiger partial charge in [0.2, 0.25) is 0 Å². The van der Waals surface area contributed by atoms with Crippen molar-refractivity contribution in [1.82, 2.24) is 5.32 Å². The van der Waals surface area contributed by atoms with E-state index in [1.807, 2.05) is 6.92 Å². The zero-order valence-corrected chi connectivity index (χ0v) is 12.1. The summed E-state index contributed by atoms with van der Waals surface area (Å²) in [4.78, 5) is 0. The van der Waals surface area contributed by atoms with Crippen molar-refractivity contribution in [3.05, 3.63) is 34.3 Å². The van der Waals surface area contributed by atoms with Gasteiger partial charge in [0.05, 0.1) is 0 Å². The van der Waals surface area contributed by atoms with E-state index in [9.17, 15) is 0 Å². The zero-order valence-electron chi connectivity index (χ0n) is 11.4. The summed E-state index contributed by atoms with van der Waals surface area (Å²) in [6.45, 7) is 10.9. The van der Waals surface area contributed by atoms with E-state index in [1.165, 1.54) is 5.56 Å². The Morgan fingerprint density at radius 3 is 2.53 bits per heavy atom. The number of hydrogen-bond acceptors (Lipinski definition) is 1. The van der Waals surface area contributed by atoms with Crippen molar-refractivity contribution in [3.8, 4) is 0 Å². The second-order valence-corrected chi connectivity index (χ2v) is 5.70. The van der Waals surface area contributed by atoms with Crippen LogP contribution in [0.1, 0.15) is 44.2 Å². The predicted molar refractivity (Wildman–Crippen MR) is 76.9 cm³/mol. The second-order valence-electron chi connectivity index (χ2n) is 5.30. The summed E-state index contributed by atoms with van der Waals surface area (Å²) in [6.07, 6.45) is 1.16. The molecular weight excluding hydrogens is 230 g/mol. The number of halogens is 1. The highest BCUT2D eigenvalue weighted by Crippen LogP contribution is 2.24. The van der Waals surface area contributed by atoms with E-state index in [1.54, 1.807) is 0 Å². The first-order chi connectivity index (χ1) is 8.00. The minimum Gasteiger partial charge on any atom is -0.316 e. The molecule has 1 atom stereocenters. The quantitative estimate of drug-likeness (QED) is 0.742. The molecule has 0 aliphatic heterocycles. The molecule has 1 unspecified atom stereocenters. The van der Waals surface area contributed by atoms with Crippen LogP contribution in [0.5, 0.6) is 0 Å². The van der Waals surface area contributed by atoms with Gasteiger partial charge in [-0.15, -0.1) is 0 Å². The van der Waals surface area contributed by atoms with E-state index in [2.05, 4.69) is 44.3 Å². The fraction of sp³-hybridized carbons (Fsp3) is 0.600. The molecule has 96 valence electrons. The molecule has 0 saturated heterocycles. The van der Waals surface area contributed by atoms with Gasteiger partial charge >= 0.3 is 0 Å². The van der Waals surface area contributed by atoms with E-state index in [0.29, 0.717) is 5.92 Å². The lowest BCUT2D eigenvalue weighted by atomic mass is 9.97. The number of benzene rings is 1. The van der Waals surface area contributed by atoms with Crippen molar-refractivity contribution in [2.45, 2.75) is 40.0 Å². The van der Waals surface area contributed by atoms with Crippen LogP contribution in [0.4, 0.5) is 0 Å². The molecule has 1 nitrogen and oxygen atoms in total. The smallest absolute Gasteiger partial charge is 0.0438 e. The lowest BCUT2D eigenvalue weighted by molar-refractivity contribution is 0.525. The van der Waals surface area contributed by atoms with Gasteiger partial charge < -0.3 is 5.32 Å². The Morgan fingerprint density at radius 1 is 1.24 bits per heavy atom. The van der Waals surface area contributed by atoms with Crippen LogP contribution in [0.3, 0.4) is 0 Å². The van der Waals surface area contributed by atoms with Crippen molar-refractivity contribution < 1.29 is 0 Å². The Kier molecular flexibility index (Phi) is 6.01. The van der Waals surface area contributed by atoms with Gasteiger partial charge in [0.15, 0.2) is 0 Å². The van der Waals surface area contributed by atoms with E-state index >= 15 is 0 Å². The highest BCUT2D eigenvalue weighted by molar-refractivity contribution is 6.31. The van der Waals surface area contributed by atoms with Gasteiger partial charge in [-0.1, -0.05) is 44.5 Å². The van der Waals surface area contributed by atoms with Gasteiger partial charge in [0.1, 0.15) is 0 Å². The summed E-state index contributed by atoms with van der Waals surface area (Å²) < 4.78 is 0. The number of hydrogen-bond donors (Lipinski definition) is 1. The molecule has 17 heavy (non-hydrogen) atoms. The van der Waals surface area contributed by atoms with Crippen LogP contribution in [-0.4, -0.2) is 13.1 Å². The summed E-state index contributed by atoms with van der Waals surface area (Å²) in [5, 5.41) is 4.36. The molecular formula is C15H24ClN. The lowest BCUT2D eigenvalue weighted by Crippen LogP contribution is -2.21. The highest BCUT2D eigenvalue weighted by Gasteiger charge is 2.06. The molecule has 0 aliphatic carbocycles. The molecule has 0 fully saturated rings. The minimum atomic E-state index is 0.563. The van der Waals surface area contributed by atoms with Crippen LogP contribution in [0.2, 0.25) is 5.02 Å². The third-order valence-corrected chi connectivity index (χ3v) is 3.48. The molecule has 0 radical (unpaired) electrons. The summed E-state index contributed by atoms with van der Waals surface area (Å²) in [6, 6.07) is 6.40. The van der Waals surface area contributed by atoms with E-state index in [4.69, 9.17) is 11.6 Å². The first-order valence-electron chi connectivity index (χ1n) is 6.47. The maximum Gasteiger partial charge on any atom is 0.0438 e. The van der Waals surface area contributed by atoms with Crippen LogP contribution in [0, 0.1) is 12.8 Å². The Hall–Kier alpha value is -0.530. The molecule has 1 aromatic carbocycles. The van der Waals surface area contributed by atoms with Crippen LogP contribution in [0.15, 0.2) is 18.2 Å². The van der Waals surface area contributed by atoms with E-state index < -0.39 is 0 Å². The molecule has 0 aromatic heterocycles. The minimum absolute atomic E-state index is 0.563. The normalized spacial score (nSPS) is 13.1. The van der Waals surface area contributed by atoms with Crippen LogP contribution in [0.25, 0.3) is 0 Å². The third kappa shape index (κ3) is 5.10. The van der Waals surface area contributed by atoms with Gasteiger partial charge in [-0.05, 0) is 55.5 Å². The van der Waals surface area contributed by atoms with E-state index in [0.717, 1.165) is 36.0 Å². The summed E-state index contributed by atoms with van der Waals surface area (Å²) >= 11 is 6.15. The standard InChI is InChI=1S/C15H24ClN/c1-11(2)10-17-8-7-12(3)14-6-5-13(4)15(16)9-14/h5-6,9,11-12,17H,7-8,10H2,1-4H3. The Labute approximate surface area is 111 Å². The van der Waals surface area contributed by atoms with Crippen LogP contribution in [-0.2, 0) is 0 Å². The van der Waals surface area contributed by atoms with Crippen LogP contribution >= 0.6 is 11.6 Å². The first kappa shape index (κ1) is 14.5. The molecule has 1 aromatic rings. The third-order valence-electron chi connectivity index (χ3n) is 3.07. The second kappa shape index (κ2) is 7.03. The monoisotopic (exact) mass is 253 g/mol. The van der Waals surface area contributed by atoms with Crippen molar-refractivity contribution >= 4 is 11.6 Å². The molecule has 0 bridgehead atoms. The van der Waals surface area contributed by atoms with Crippen molar-refractivity contribution in [1.29, 1.82) is 0 Å². The van der Waals surface area contributed by atoms with Crippen LogP contribution < -0.4 is 5.32 Å². The number of aryl methyl sites for hydroxylation is 1.